The van der Waals surface area contributed by atoms with Crippen LogP contribution in [-0.4, -0.2) is 33.1 Å². The summed E-state index contributed by atoms with van der Waals surface area (Å²) in [7, 11) is 1.67. The monoisotopic (exact) mass is 325 g/mol. The fourth-order valence-electron chi connectivity index (χ4n) is 2.09. The molecular weight excluding hydrogens is 310 g/mol. The summed E-state index contributed by atoms with van der Waals surface area (Å²) in [6.45, 7) is 1.90. The van der Waals surface area contributed by atoms with E-state index in [1.807, 2.05) is 31.2 Å². The van der Waals surface area contributed by atoms with Crippen molar-refractivity contribution in [3.05, 3.63) is 58.8 Å². The molecule has 2 heterocycles. The predicted octanol–water partition coefficient (Wildman–Crippen LogP) is 3.33. The topological polar surface area (TPSA) is 65.8 Å². The number of rotatable bonds is 2. The number of aliphatic imine (C=N–C) groups is 1. The fourth-order valence-corrected chi connectivity index (χ4v) is 3.07. The summed E-state index contributed by atoms with van der Waals surface area (Å²) in [5, 5.41) is 10.5. The van der Waals surface area contributed by atoms with Crippen molar-refractivity contribution in [2.45, 2.75) is 6.92 Å². The van der Waals surface area contributed by atoms with Gasteiger partial charge < -0.3 is 5.11 Å². The van der Waals surface area contributed by atoms with Gasteiger partial charge in [0, 0.05) is 19.4 Å². The van der Waals surface area contributed by atoms with Gasteiger partial charge in [-0.2, -0.15) is 0 Å². The number of thioether (sulfide) groups is 1. The summed E-state index contributed by atoms with van der Waals surface area (Å²) in [6.07, 6.45) is 5.17. The number of aryl methyl sites for hydroxylation is 1. The third-order valence-electron chi connectivity index (χ3n) is 3.35. The van der Waals surface area contributed by atoms with Gasteiger partial charge in [0.2, 0.25) is 0 Å². The number of benzene rings is 1. The SMILES string of the molecule is Cc1ccc(N=C2S/C(=C\c3ccncc3)C(=O)N2C)c(O)c1. The number of carbonyl (C=O) groups is 1. The van der Waals surface area contributed by atoms with Crippen molar-refractivity contribution >= 4 is 34.6 Å². The Bertz CT molecular complexity index is 816. The van der Waals surface area contributed by atoms with Gasteiger partial charge in [0.25, 0.3) is 5.91 Å². The van der Waals surface area contributed by atoms with Gasteiger partial charge in [0.1, 0.15) is 11.4 Å². The Hall–Kier alpha value is -2.60. The van der Waals surface area contributed by atoms with E-state index >= 15 is 0 Å². The zero-order chi connectivity index (χ0) is 16.4. The van der Waals surface area contributed by atoms with Crippen LogP contribution in [0.15, 0.2) is 52.6 Å². The molecule has 116 valence electrons. The fraction of sp³-hybridized carbons (Fsp3) is 0.118. The molecular formula is C17H15N3O2S. The minimum Gasteiger partial charge on any atom is -0.506 e. The van der Waals surface area contributed by atoms with Crippen molar-refractivity contribution in [1.29, 1.82) is 0 Å². The third-order valence-corrected chi connectivity index (χ3v) is 4.41. The minimum atomic E-state index is -0.114. The molecule has 0 radical (unpaired) electrons. The van der Waals surface area contributed by atoms with Crippen LogP contribution < -0.4 is 0 Å². The Balaban J connectivity index is 1.92. The Labute approximate surface area is 138 Å². The van der Waals surface area contributed by atoms with Crippen molar-refractivity contribution in [3.63, 3.8) is 0 Å². The van der Waals surface area contributed by atoms with Gasteiger partial charge in [0.15, 0.2) is 5.17 Å². The Kier molecular flexibility index (Phi) is 4.16. The zero-order valence-electron chi connectivity index (χ0n) is 12.7. The van der Waals surface area contributed by atoms with E-state index in [1.54, 1.807) is 31.6 Å². The highest BCUT2D eigenvalue weighted by Gasteiger charge is 2.30. The second kappa shape index (κ2) is 6.26. The predicted molar refractivity (Wildman–Crippen MR) is 92.5 cm³/mol. The molecule has 1 saturated heterocycles. The molecule has 0 saturated carbocycles. The largest absolute Gasteiger partial charge is 0.506 e. The first kappa shape index (κ1) is 15.3. The number of amidine groups is 1. The lowest BCUT2D eigenvalue weighted by molar-refractivity contribution is -0.121. The maximum atomic E-state index is 12.3. The number of phenols is 1. The number of hydrogen-bond acceptors (Lipinski definition) is 5. The number of carbonyl (C=O) groups excluding carboxylic acids is 1. The standard InChI is InChI=1S/C17H15N3O2S/c1-11-3-4-13(14(21)9-11)19-17-20(2)16(22)15(23-17)10-12-5-7-18-8-6-12/h3-10,21H,1-2H3/b15-10-,19-17?. The number of aromatic hydroxyl groups is 1. The van der Waals surface area contributed by atoms with E-state index in [2.05, 4.69) is 9.98 Å². The van der Waals surface area contributed by atoms with Crippen LogP contribution in [0.1, 0.15) is 11.1 Å². The number of phenolic OH excluding ortho intramolecular Hbond substituents is 1. The smallest absolute Gasteiger partial charge is 0.266 e. The highest BCUT2D eigenvalue weighted by atomic mass is 32.2. The molecule has 1 aliphatic rings. The Morgan fingerprint density at radius 1 is 1.26 bits per heavy atom. The summed E-state index contributed by atoms with van der Waals surface area (Å²) in [6, 6.07) is 8.92. The highest BCUT2D eigenvalue weighted by Crippen LogP contribution is 2.35. The summed E-state index contributed by atoms with van der Waals surface area (Å²) < 4.78 is 0. The van der Waals surface area contributed by atoms with Gasteiger partial charge in [-0.15, -0.1) is 0 Å². The van der Waals surface area contributed by atoms with Crippen molar-refractivity contribution < 1.29 is 9.90 Å². The van der Waals surface area contributed by atoms with Crippen LogP contribution in [0.5, 0.6) is 5.75 Å². The first-order valence-corrected chi connectivity index (χ1v) is 7.82. The summed E-state index contributed by atoms with van der Waals surface area (Å²) in [5.41, 5.74) is 2.31. The van der Waals surface area contributed by atoms with E-state index in [-0.39, 0.29) is 11.7 Å². The van der Waals surface area contributed by atoms with Gasteiger partial charge in [0.05, 0.1) is 4.91 Å². The van der Waals surface area contributed by atoms with Crippen molar-refractivity contribution in [2.24, 2.45) is 4.99 Å². The molecule has 2 aromatic rings. The van der Waals surface area contributed by atoms with Crippen LogP contribution in [0.25, 0.3) is 6.08 Å². The van der Waals surface area contributed by atoms with Crippen LogP contribution >= 0.6 is 11.8 Å². The Morgan fingerprint density at radius 2 is 2.00 bits per heavy atom. The molecule has 0 atom stereocenters. The van der Waals surface area contributed by atoms with Crippen molar-refractivity contribution in [2.75, 3.05) is 7.05 Å². The minimum absolute atomic E-state index is 0.102. The molecule has 1 amide bonds. The first-order chi connectivity index (χ1) is 11.0. The molecule has 0 aliphatic carbocycles. The second-order valence-electron chi connectivity index (χ2n) is 5.14. The molecule has 3 rings (SSSR count). The van der Waals surface area contributed by atoms with Gasteiger partial charge in [-0.1, -0.05) is 6.07 Å². The lowest BCUT2D eigenvalue weighted by Gasteiger charge is -2.08. The maximum absolute atomic E-state index is 12.3. The maximum Gasteiger partial charge on any atom is 0.266 e. The average molecular weight is 325 g/mol. The molecule has 1 aromatic heterocycles. The van der Waals surface area contributed by atoms with E-state index in [4.69, 9.17) is 0 Å². The highest BCUT2D eigenvalue weighted by molar-refractivity contribution is 8.18. The van der Waals surface area contributed by atoms with Gasteiger partial charge in [-0.05, 0) is 60.2 Å². The van der Waals surface area contributed by atoms with Crippen LogP contribution in [0, 0.1) is 6.92 Å². The second-order valence-corrected chi connectivity index (χ2v) is 6.15. The third kappa shape index (κ3) is 3.27. The van der Waals surface area contributed by atoms with E-state index in [1.165, 1.54) is 16.7 Å². The van der Waals surface area contributed by atoms with Crippen LogP contribution in [0.3, 0.4) is 0 Å². The van der Waals surface area contributed by atoms with Crippen LogP contribution in [0.4, 0.5) is 5.69 Å². The molecule has 1 N–H and O–H groups in total. The van der Waals surface area contributed by atoms with E-state index in [9.17, 15) is 9.90 Å². The summed E-state index contributed by atoms with van der Waals surface area (Å²) in [5.74, 6) is -0.0114. The average Bonchev–Trinajstić information content (AvgIpc) is 2.79. The quantitative estimate of drug-likeness (QED) is 0.860. The van der Waals surface area contributed by atoms with E-state index in [0.29, 0.717) is 15.8 Å². The lowest BCUT2D eigenvalue weighted by Crippen LogP contribution is -2.23. The van der Waals surface area contributed by atoms with Gasteiger partial charge in [-0.3, -0.25) is 14.7 Å². The number of hydrogen-bond donors (Lipinski definition) is 1. The summed E-state index contributed by atoms with van der Waals surface area (Å²) >= 11 is 1.29. The molecule has 5 nitrogen and oxygen atoms in total. The molecule has 23 heavy (non-hydrogen) atoms. The van der Waals surface area contributed by atoms with E-state index in [0.717, 1.165) is 11.1 Å². The van der Waals surface area contributed by atoms with E-state index < -0.39 is 0 Å². The molecule has 0 bridgehead atoms. The Morgan fingerprint density at radius 3 is 2.70 bits per heavy atom. The lowest BCUT2D eigenvalue weighted by atomic mass is 10.2. The number of likely N-dealkylation sites (N-methyl/N-ethyl adjacent to an activating group) is 1. The molecule has 0 unspecified atom stereocenters. The van der Waals surface area contributed by atoms with Crippen molar-refractivity contribution in [3.8, 4) is 5.75 Å². The zero-order valence-corrected chi connectivity index (χ0v) is 13.5. The summed E-state index contributed by atoms with van der Waals surface area (Å²) in [4.78, 5) is 22.8. The number of aromatic nitrogens is 1. The molecule has 0 spiro atoms. The molecule has 1 fully saturated rings. The van der Waals surface area contributed by atoms with Gasteiger partial charge >= 0.3 is 0 Å². The molecule has 1 aromatic carbocycles. The first-order valence-electron chi connectivity index (χ1n) is 7.00. The number of nitrogens with zero attached hydrogens (tertiary/aromatic N) is 3. The number of pyridine rings is 1. The normalized spacial score (nSPS) is 18.2. The van der Waals surface area contributed by atoms with Crippen LogP contribution in [-0.2, 0) is 4.79 Å². The van der Waals surface area contributed by atoms with Crippen molar-refractivity contribution in [1.82, 2.24) is 9.88 Å². The molecule has 1 aliphatic heterocycles. The van der Waals surface area contributed by atoms with Crippen LogP contribution in [0.2, 0.25) is 0 Å². The number of amides is 1. The van der Waals surface area contributed by atoms with Gasteiger partial charge in [-0.25, -0.2) is 4.99 Å². The molecule has 6 heteroatoms.